The fraction of sp³-hybridized carbons (Fsp3) is 0. The number of nitrogens with zero attached hydrogens (tertiary/aromatic N) is 2. The molecule has 0 fully saturated rings. The first-order valence-electron chi connectivity index (χ1n) is 20.2. The van der Waals surface area contributed by atoms with E-state index in [1.54, 1.807) is 0 Å². The lowest BCUT2D eigenvalue weighted by Gasteiger charge is -2.27. The van der Waals surface area contributed by atoms with Crippen LogP contribution in [0.4, 0.5) is 17.1 Å². The van der Waals surface area contributed by atoms with Gasteiger partial charge in [-0.2, -0.15) is 0 Å². The summed E-state index contributed by atoms with van der Waals surface area (Å²) in [6, 6.07) is 79.9. The normalized spacial score (nSPS) is 11.7. The van der Waals surface area contributed by atoms with Gasteiger partial charge in [-0.15, -0.1) is 11.3 Å². The van der Waals surface area contributed by atoms with Gasteiger partial charge in [0.2, 0.25) is 0 Å². The molecule has 0 aliphatic carbocycles. The van der Waals surface area contributed by atoms with Crippen LogP contribution in [0.3, 0.4) is 0 Å². The maximum absolute atomic E-state index is 2.45. The monoisotopic (exact) mass is 768 g/mol. The average molecular weight is 769 g/mol. The lowest BCUT2D eigenvalue weighted by atomic mass is 9.97. The molecule has 0 saturated carbocycles. The number of fused-ring (bicyclic) bond motifs is 9. The molecule has 59 heavy (non-hydrogen) atoms. The first-order chi connectivity index (χ1) is 29.3. The van der Waals surface area contributed by atoms with Gasteiger partial charge in [-0.25, -0.2) is 0 Å². The lowest BCUT2D eigenvalue weighted by molar-refractivity contribution is 1.18. The van der Waals surface area contributed by atoms with Crippen LogP contribution in [-0.4, -0.2) is 4.57 Å². The van der Waals surface area contributed by atoms with Gasteiger partial charge in [0, 0.05) is 43.3 Å². The molecule has 0 spiro atoms. The van der Waals surface area contributed by atoms with E-state index in [4.69, 9.17) is 0 Å². The minimum absolute atomic E-state index is 1.11. The third-order valence-electron chi connectivity index (χ3n) is 12.0. The Hall–Kier alpha value is -7.46. The van der Waals surface area contributed by atoms with Gasteiger partial charge in [0.25, 0.3) is 0 Å². The number of rotatable bonds is 6. The van der Waals surface area contributed by atoms with Crippen molar-refractivity contribution < 1.29 is 0 Å². The van der Waals surface area contributed by atoms with E-state index in [1.807, 2.05) is 11.3 Å². The van der Waals surface area contributed by atoms with E-state index in [2.05, 4.69) is 228 Å². The van der Waals surface area contributed by atoms with Crippen molar-refractivity contribution in [2.75, 3.05) is 4.90 Å². The van der Waals surface area contributed by atoms with E-state index in [1.165, 1.54) is 91.5 Å². The van der Waals surface area contributed by atoms with Crippen LogP contribution in [0.2, 0.25) is 0 Å². The van der Waals surface area contributed by atoms with E-state index in [0.717, 1.165) is 17.1 Å². The predicted octanol–water partition coefficient (Wildman–Crippen LogP) is 16.3. The van der Waals surface area contributed by atoms with Gasteiger partial charge in [-0.1, -0.05) is 164 Å². The summed E-state index contributed by atoms with van der Waals surface area (Å²) in [4.78, 5) is 2.45. The molecule has 2 nitrogen and oxygen atoms in total. The molecule has 0 radical (unpaired) electrons. The van der Waals surface area contributed by atoms with Crippen molar-refractivity contribution in [1.29, 1.82) is 0 Å². The molecule has 0 amide bonds. The third-order valence-corrected chi connectivity index (χ3v) is 13.2. The van der Waals surface area contributed by atoms with Crippen molar-refractivity contribution in [3.63, 3.8) is 0 Å². The van der Waals surface area contributed by atoms with E-state index in [9.17, 15) is 0 Å². The highest BCUT2D eigenvalue weighted by atomic mass is 32.1. The molecule has 2 heterocycles. The number of anilines is 3. The van der Waals surface area contributed by atoms with Crippen molar-refractivity contribution >= 4 is 91.9 Å². The summed E-state index contributed by atoms with van der Waals surface area (Å²) in [6.45, 7) is 0. The summed E-state index contributed by atoms with van der Waals surface area (Å²) >= 11 is 1.90. The minimum Gasteiger partial charge on any atom is -0.309 e. The molecule has 12 aromatic rings. The maximum Gasteiger partial charge on any atom is 0.0640 e. The molecule has 0 saturated heterocycles. The van der Waals surface area contributed by atoms with E-state index < -0.39 is 0 Å². The predicted molar refractivity (Wildman–Crippen MR) is 254 cm³/mol. The van der Waals surface area contributed by atoms with Crippen molar-refractivity contribution in [2.24, 2.45) is 0 Å². The van der Waals surface area contributed by atoms with E-state index in [0.29, 0.717) is 0 Å². The van der Waals surface area contributed by atoms with Crippen LogP contribution in [0, 0.1) is 0 Å². The molecular formula is C56H36N2S. The molecule has 276 valence electrons. The summed E-state index contributed by atoms with van der Waals surface area (Å²) < 4.78 is 4.99. The Labute approximate surface area is 346 Å². The molecule has 0 aliphatic heterocycles. The Morgan fingerprint density at radius 2 is 0.932 bits per heavy atom. The van der Waals surface area contributed by atoms with Crippen LogP contribution in [0.25, 0.3) is 91.5 Å². The fourth-order valence-electron chi connectivity index (χ4n) is 9.23. The first kappa shape index (κ1) is 33.7. The number of hydrogen-bond donors (Lipinski definition) is 0. The van der Waals surface area contributed by atoms with Crippen LogP contribution in [-0.2, 0) is 0 Å². The standard InChI is InChI=1S/C56H36N2S/c1-3-20-45-38(13-1)15-11-24-46(45)41-17-10-18-43(36-41)57(54-28-12-25-50-51-34-31-39-14-2-4-21-47(39)55(51)59-56(50)54)42-32-29-37(30-33-42)40-16-9-19-44(35-40)58-52-26-7-5-22-48(52)49-23-6-8-27-53(49)58/h1-36H. The zero-order valence-corrected chi connectivity index (χ0v) is 32.9. The number of aromatic nitrogens is 1. The molecular weight excluding hydrogens is 733 g/mol. The van der Waals surface area contributed by atoms with Gasteiger partial charge in [0.15, 0.2) is 0 Å². The molecule has 10 aromatic carbocycles. The molecule has 0 unspecified atom stereocenters. The highest BCUT2D eigenvalue weighted by molar-refractivity contribution is 7.27. The Morgan fingerprint density at radius 3 is 1.73 bits per heavy atom. The van der Waals surface area contributed by atoms with Crippen LogP contribution in [0.1, 0.15) is 0 Å². The molecule has 0 atom stereocenters. The number of hydrogen-bond acceptors (Lipinski definition) is 2. The molecule has 0 N–H and O–H groups in total. The summed E-state index contributed by atoms with van der Waals surface area (Å²) in [5.41, 5.74) is 11.8. The van der Waals surface area contributed by atoms with Crippen molar-refractivity contribution in [1.82, 2.24) is 4.57 Å². The SMILES string of the molecule is c1cc(-c2cccc3ccccc23)cc(N(c2ccc(-c3cccc(-n4c5ccccc5c5ccccc54)c3)cc2)c2cccc3c2sc2c4ccccc4ccc32)c1. The Balaban J connectivity index is 1.02. The zero-order chi connectivity index (χ0) is 38.9. The van der Waals surface area contributed by atoms with Gasteiger partial charge in [0.05, 0.1) is 21.4 Å². The van der Waals surface area contributed by atoms with Gasteiger partial charge >= 0.3 is 0 Å². The van der Waals surface area contributed by atoms with Gasteiger partial charge in [-0.05, 0) is 98.4 Å². The molecule has 3 heteroatoms. The van der Waals surface area contributed by atoms with Crippen LogP contribution in [0.5, 0.6) is 0 Å². The minimum atomic E-state index is 1.11. The highest BCUT2D eigenvalue weighted by Gasteiger charge is 2.20. The van der Waals surface area contributed by atoms with Crippen molar-refractivity contribution in [3.8, 4) is 27.9 Å². The Bertz CT molecular complexity index is 3510. The van der Waals surface area contributed by atoms with Crippen molar-refractivity contribution in [3.05, 3.63) is 218 Å². The molecule has 0 bridgehead atoms. The average Bonchev–Trinajstić information content (AvgIpc) is 3.86. The van der Waals surface area contributed by atoms with Crippen molar-refractivity contribution in [2.45, 2.75) is 0 Å². The van der Waals surface area contributed by atoms with E-state index >= 15 is 0 Å². The fourth-order valence-corrected chi connectivity index (χ4v) is 10.6. The number of benzene rings is 10. The lowest BCUT2D eigenvalue weighted by Crippen LogP contribution is -2.10. The summed E-state index contributed by atoms with van der Waals surface area (Å²) in [6.07, 6.45) is 0. The van der Waals surface area contributed by atoms with Crippen LogP contribution in [0.15, 0.2) is 218 Å². The van der Waals surface area contributed by atoms with Crippen LogP contribution < -0.4 is 4.90 Å². The zero-order valence-electron chi connectivity index (χ0n) is 32.1. The quantitative estimate of drug-likeness (QED) is 0.164. The molecule has 0 aliphatic rings. The maximum atomic E-state index is 2.45. The topological polar surface area (TPSA) is 8.17 Å². The summed E-state index contributed by atoms with van der Waals surface area (Å²) in [7, 11) is 0. The summed E-state index contributed by atoms with van der Waals surface area (Å²) in [5, 5.41) is 10.2. The van der Waals surface area contributed by atoms with Gasteiger partial charge in [-0.3, -0.25) is 0 Å². The smallest absolute Gasteiger partial charge is 0.0640 e. The second-order valence-electron chi connectivity index (χ2n) is 15.3. The Morgan fingerprint density at radius 1 is 0.339 bits per heavy atom. The number of para-hydroxylation sites is 2. The largest absolute Gasteiger partial charge is 0.309 e. The Kier molecular flexibility index (Phi) is 7.75. The molecule has 2 aromatic heterocycles. The summed E-state index contributed by atoms with van der Waals surface area (Å²) in [5.74, 6) is 0. The van der Waals surface area contributed by atoms with E-state index in [-0.39, 0.29) is 0 Å². The number of thiophene rings is 1. The molecule has 12 rings (SSSR count). The van der Waals surface area contributed by atoms with Crippen LogP contribution >= 0.6 is 11.3 Å². The highest BCUT2D eigenvalue weighted by Crippen LogP contribution is 2.47. The van der Waals surface area contributed by atoms with Gasteiger partial charge < -0.3 is 9.47 Å². The third kappa shape index (κ3) is 5.47. The second-order valence-corrected chi connectivity index (χ2v) is 16.3. The second kappa shape index (κ2) is 13.6. The first-order valence-corrected chi connectivity index (χ1v) is 21.0. The van der Waals surface area contributed by atoms with Gasteiger partial charge in [0.1, 0.15) is 0 Å².